The topological polar surface area (TPSA) is 15.3 Å². The Kier molecular flexibility index (Phi) is 2.94. The van der Waals surface area contributed by atoms with Crippen molar-refractivity contribution < 1.29 is 0 Å². The van der Waals surface area contributed by atoms with Crippen LogP contribution in [0.2, 0.25) is 0 Å². The Hall–Kier alpha value is -0.860. The molecule has 0 amide bonds. The van der Waals surface area contributed by atoms with Crippen molar-refractivity contribution in [3.8, 4) is 0 Å². The van der Waals surface area contributed by atoms with Crippen molar-refractivity contribution in [2.24, 2.45) is 0 Å². The van der Waals surface area contributed by atoms with Gasteiger partial charge in [-0.3, -0.25) is 4.90 Å². The van der Waals surface area contributed by atoms with E-state index in [4.69, 9.17) is 0 Å². The lowest BCUT2D eigenvalue weighted by atomic mass is 10.1. The molecule has 1 aromatic rings. The van der Waals surface area contributed by atoms with Gasteiger partial charge in [-0.15, -0.1) is 0 Å². The third-order valence-corrected chi connectivity index (χ3v) is 3.57. The van der Waals surface area contributed by atoms with Gasteiger partial charge in [-0.25, -0.2) is 0 Å². The van der Waals surface area contributed by atoms with Crippen molar-refractivity contribution in [2.75, 3.05) is 13.1 Å². The molecule has 1 saturated carbocycles. The Morgan fingerprint density at radius 1 is 1.12 bits per heavy atom. The van der Waals surface area contributed by atoms with Crippen molar-refractivity contribution in [3.05, 3.63) is 35.4 Å². The first-order valence-corrected chi connectivity index (χ1v) is 6.44. The van der Waals surface area contributed by atoms with Crippen LogP contribution < -0.4 is 5.32 Å². The second-order valence-corrected chi connectivity index (χ2v) is 5.06. The standard InChI is InChI=1S/C14H20N2/c1-2-5-13-11-16(10-12(13)4-1)9-3-8-15-14-6-7-14/h1-2,4-5,14-15H,3,6-11H2. The van der Waals surface area contributed by atoms with Crippen molar-refractivity contribution in [1.29, 1.82) is 0 Å². The molecule has 1 heterocycles. The third kappa shape index (κ3) is 2.45. The highest BCUT2D eigenvalue weighted by Gasteiger charge is 2.20. The lowest BCUT2D eigenvalue weighted by Crippen LogP contribution is -2.24. The molecule has 0 radical (unpaired) electrons. The predicted molar refractivity (Wildman–Crippen MR) is 66.2 cm³/mol. The van der Waals surface area contributed by atoms with Gasteiger partial charge in [0.15, 0.2) is 0 Å². The molecular formula is C14H20N2. The minimum atomic E-state index is 0.857. The molecule has 0 unspecified atom stereocenters. The molecule has 1 aromatic carbocycles. The SMILES string of the molecule is c1ccc2c(c1)CN(CCCNC1CC1)C2. The predicted octanol–water partition coefficient (Wildman–Crippen LogP) is 2.14. The monoisotopic (exact) mass is 216 g/mol. The molecule has 2 nitrogen and oxygen atoms in total. The fraction of sp³-hybridized carbons (Fsp3) is 0.571. The van der Waals surface area contributed by atoms with Gasteiger partial charge in [-0.2, -0.15) is 0 Å². The van der Waals surface area contributed by atoms with Crippen LogP contribution in [-0.4, -0.2) is 24.0 Å². The van der Waals surface area contributed by atoms with E-state index in [2.05, 4.69) is 34.5 Å². The molecule has 0 atom stereocenters. The first-order valence-electron chi connectivity index (χ1n) is 6.44. The summed E-state index contributed by atoms with van der Waals surface area (Å²) in [6.45, 7) is 4.73. The minimum Gasteiger partial charge on any atom is -0.314 e. The molecule has 16 heavy (non-hydrogen) atoms. The van der Waals surface area contributed by atoms with E-state index in [0.717, 1.165) is 19.1 Å². The molecular weight excluding hydrogens is 196 g/mol. The zero-order valence-corrected chi connectivity index (χ0v) is 9.78. The summed E-state index contributed by atoms with van der Waals surface area (Å²) in [5, 5.41) is 3.58. The summed E-state index contributed by atoms with van der Waals surface area (Å²) < 4.78 is 0. The van der Waals surface area contributed by atoms with Crippen molar-refractivity contribution in [3.63, 3.8) is 0 Å². The van der Waals surface area contributed by atoms with Crippen LogP contribution in [0.4, 0.5) is 0 Å². The molecule has 1 aliphatic heterocycles. The molecule has 1 N–H and O–H groups in total. The summed E-state index contributed by atoms with van der Waals surface area (Å²) in [4.78, 5) is 2.55. The number of rotatable bonds is 5. The number of hydrogen-bond acceptors (Lipinski definition) is 2. The lowest BCUT2D eigenvalue weighted by Gasteiger charge is -2.14. The second-order valence-electron chi connectivity index (χ2n) is 5.06. The highest BCUT2D eigenvalue weighted by atomic mass is 15.1. The molecule has 2 aliphatic rings. The fourth-order valence-corrected chi connectivity index (χ4v) is 2.46. The van der Waals surface area contributed by atoms with E-state index in [0.29, 0.717) is 0 Å². The molecule has 3 rings (SSSR count). The van der Waals surface area contributed by atoms with Crippen LogP contribution in [0, 0.1) is 0 Å². The summed E-state index contributed by atoms with van der Waals surface area (Å²) in [6.07, 6.45) is 4.08. The van der Waals surface area contributed by atoms with Crippen LogP contribution >= 0.6 is 0 Å². The summed E-state index contributed by atoms with van der Waals surface area (Å²) in [6, 6.07) is 9.68. The maximum absolute atomic E-state index is 3.58. The average molecular weight is 216 g/mol. The van der Waals surface area contributed by atoms with Gasteiger partial charge in [-0.1, -0.05) is 24.3 Å². The van der Waals surface area contributed by atoms with E-state index in [9.17, 15) is 0 Å². The number of hydrogen-bond donors (Lipinski definition) is 1. The zero-order valence-electron chi connectivity index (χ0n) is 9.78. The summed E-state index contributed by atoms with van der Waals surface area (Å²) in [5.41, 5.74) is 3.05. The average Bonchev–Trinajstić information content (AvgIpc) is 3.03. The Balaban J connectivity index is 1.41. The minimum absolute atomic E-state index is 0.857. The third-order valence-electron chi connectivity index (χ3n) is 3.57. The summed E-state index contributed by atoms with van der Waals surface area (Å²) in [7, 11) is 0. The van der Waals surface area contributed by atoms with Crippen LogP contribution in [0.3, 0.4) is 0 Å². The van der Waals surface area contributed by atoms with Gasteiger partial charge in [-0.05, 0) is 36.9 Å². The van der Waals surface area contributed by atoms with Crippen LogP contribution in [0.25, 0.3) is 0 Å². The van der Waals surface area contributed by atoms with E-state index in [-0.39, 0.29) is 0 Å². The maximum Gasteiger partial charge on any atom is 0.0240 e. The van der Waals surface area contributed by atoms with E-state index in [1.165, 1.54) is 43.5 Å². The zero-order chi connectivity index (χ0) is 10.8. The Labute approximate surface area is 97.6 Å². The number of nitrogens with zero attached hydrogens (tertiary/aromatic N) is 1. The fourth-order valence-electron chi connectivity index (χ4n) is 2.46. The van der Waals surface area contributed by atoms with E-state index < -0.39 is 0 Å². The van der Waals surface area contributed by atoms with Gasteiger partial charge in [0.25, 0.3) is 0 Å². The normalized spacial score (nSPS) is 20.0. The van der Waals surface area contributed by atoms with E-state index in [1.54, 1.807) is 0 Å². The first-order chi connectivity index (χ1) is 7.92. The highest BCUT2D eigenvalue weighted by molar-refractivity contribution is 5.30. The van der Waals surface area contributed by atoms with Gasteiger partial charge < -0.3 is 5.32 Å². The molecule has 0 bridgehead atoms. The molecule has 2 heteroatoms. The lowest BCUT2D eigenvalue weighted by molar-refractivity contribution is 0.279. The smallest absolute Gasteiger partial charge is 0.0240 e. The Bertz CT molecular complexity index is 333. The van der Waals surface area contributed by atoms with Gasteiger partial charge in [0.05, 0.1) is 0 Å². The maximum atomic E-state index is 3.58. The molecule has 0 aromatic heterocycles. The van der Waals surface area contributed by atoms with Gasteiger partial charge in [0.2, 0.25) is 0 Å². The van der Waals surface area contributed by atoms with Gasteiger partial charge in [0.1, 0.15) is 0 Å². The summed E-state index contributed by atoms with van der Waals surface area (Å²) in [5.74, 6) is 0. The van der Waals surface area contributed by atoms with Crippen molar-refractivity contribution in [2.45, 2.75) is 38.4 Å². The largest absolute Gasteiger partial charge is 0.314 e. The van der Waals surface area contributed by atoms with Crippen LogP contribution in [-0.2, 0) is 13.1 Å². The van der Waals surface area contributed by atoms with Crippen LogP contribution in [0.5, 0.6) is 0 Å². The first kappa shape index (κ1) is 10.3. The Morgan fingerprint density at radius 3 is 2.44 bits per heavy atom. The van der Waals surface area contributed by atoms with E-state index in [1.807, 2.05) is 0 Å². The Morgan fingerprint density at radius 2 is 1.81 bits per heavy atom. The summed E-state index contributed by atoms with van der Waals surface area (Å²) >= 11 is 0. The van der Waals surface area contributed by atoms with Crippen molar-refractivity contribution >= 4 is 0 Å². The quantitative estimate of drug-likeness (QED) is 0.759. The van der Waals surface area contributed by atoms with Crippen LogP contribution in [0.1, 0.15) is 30.4 Å². The molecule has 0 spiro atoms. The number of fused-ring (bicyclic) bond motifs is 1. The van der Waals surface area contributed by atoms with Crippen molar-refractivity contribution in [1.82, 2.24) is 10.2 Å². The number of nitrogens with one attached hydrogen (secondary N) is 1. The van der Waals surface area contributed by atoms with Gasteiger partial charge in [0, 0.05) is 25.7 Å². The second kappa shape index (κ2) is 4.56. The molecule has 0 saturated heterocycles. The molecule has 86 valence electrons. The van der Waals surface area contributed by atoms with Gasteiger partial charge >= 0.3 is 0 Å². The van der Waals surface area contributed by atoms with E-state index >= 15 is 0 Å². The molecule has 1 fully saturated rings. The molecule has 1 aliphatic carbocycles. The number of benzene rings is 1. The highest BCUT2D eigenvalue weighted by Crippen LogP contribution is 2.22. The van der Waals surface area contributed by atoms with Crippen LogP contribution in [0.15, 0.2) is 24.3 Å².